The first-order chi connectivity index (χ1) is 13.6. The first-order valence-electron chi connectivity index (χ1n) is 8.73. The van der Waals surface area contributed by atoms with Crippen LogP contribution in [0.25, 0.3) is 0 Å². The standard InChI is InChI=1S/C20H24N2O5S/c1-4-26-11-12-27-17-8-6-5-7-15(17)19(23)22-20(28)21-16-13-14(24-2)9-10-18(16)25-3/h5-10,13H,4,11-12H2,1-3H3,(H2,21,22,23,28). The average molecular weight is 404 g/mol. The number of hydrogen-bond donors (Lipinski definition) is 2. The molecule has 0 fully saturated rings. The SMILES string of the molecule is CCOCCOc1ccccc1C(=O)NC(=S)Nc1cc(OC)ccc1OC. The third kappa shape index (κ3) is 6.11. The lowest BCUT2D eigenvalue weighted by molar-refractivity contribution is 0.0958. The number of hydrogen-bond acceptors (Lipinski definition) is 6. The van der Waals surface area contributed by atoms with Crippen molar-refractivity contribution in [3.8, 4) is 17.2 Å². The molecule has 2 aromatic rings. The van der Waals surface area contributed by atoms with Crippen molar-refractivity contribution in [2.24, 2.45) is 0 Å². The zero-order chi connectivity index (χ0) is 20.4. The Morgan fingerprint density at radius 3 is 2.54 bits per heavy atom. The summed E-state index contributed by atoms with van der Waals surface area (Å²) in [4.78, 5) is 12.6. The molecule has 8 heteroatoms. The third-order valence-corrected chi connectivity index (χ3v) is 3.91. The summed E-state index contributed by atoms with van der Waals surface area (Å²) >= 11 is 5.26. The van der Waals surface area contributed by atoms with Gasteiger partial charge in [-0.3, -0.25) is 10.1 Å². The largest absolute Gasteiger partial charge is 0.497 e. The van der Waals surface area contributed by atoms with Gasteiger partial charge in [-0.1, -0.05) is 12.1 Å². The smallest absolute Gasteiger partial charge is 0.261 e. The molecular formula is C20H24N2O5S. The summed E-state index contributed by atoms with van der Waals surface area (Å²) in [5.74, 6) is 1.27. The van der Waals surface area contributed by atoms with Crippen molar-refractivity contribution in [2.45, 2.75) is 6.92 Å². The molecule has 150 valence electrons. The van der Waals surface area contributed by atoms with Crippen LogP contribution in [0.3, 0.4) is 0 Å². The van der Waals surface area contributed by atoms with E-state index in [9.17, 15) is 4.79 Å². The van der Waals surface area contributed by atoms with E-state index in [1.54, 1.807) is 56.7 Å². The summed E-state index contributed by atoms with van der Waals surface area (Å²) in [5.41, 5.74) is 0.953. The van der Waals surface area contributed by atoms with Gasteiger partial charge in [0.1, 0.15) is 23.9 Å². The summed E-state index contributed by atoms with van der Waals surface area (Å²) in [6.07, 6.45) is 0. The minimum atomic E-state index is -0.383. The summed E-state index contributed by atoms with van der Waals surface area (Å²) in [6.45, 7) is 3.32. The number of carbonyl (C=O) groups excluding carboxylic acids is 1. The van der Waals surface area contributed by atoms with E-state index in [0.29, 0.717) is 48.3 Å². The van der Waals surface area contributed by atoms with Crippen molar-refractivity contribution in [3.05, 3.63) is 48.0 Å². The van der Waals surface area contributed by atoms with Gasteiger partial charge in [-0.25, -0.2) is 0 Å². The molecule has 0 radical (unpaired) electrons. The Bertz CT molecular complexity index is 813. The molecule has 2 aromatic carbocycles. The van der Waals surface area contributed by atoms with Gasteiger partial charge < -0.3 is 24.3 Å². The van der Waals surface area contributed by atoms with Crippen LogP contribution in [0, 0.1) is 0 Å². The summed E-state index contributed by atoms with van der Waals surface area (Å²) < 4.78 is 21.4. The Labute approximate surface area is 169 Å². The topological polar surface area (TPSA) is 78.1 Å². The monoisotopic (exact) mass is 404 g/mol. The van der Waals surface area contributed by atoms with Crippen molar-refractivity contribution in [3.63, 3.8) is 0 Å². The van der Waals surface area contributed by atoms with Crippen LogP contribution in [-0.4, -0.2) is 45.1 Å². The molecule has 7 nitrogen and oxygen atoms in total. The van der Waals surface area contributed by atoms with Gasteiger partial charge in [0, 0.05) is 12.7 Å². The molecule has 0 aliphatic carbocycles. The Kier molecular flexibility index (Phi) is 8.51. The summed E-state index contributed by atoms with van der Waals surface area (Å²) in [6, 6.07) is 12.2. The van der Waals surface area contributed by atoms with Gasteiger partial charge in [-0.15, -0.1) is 0 Å². The highest BCUT2D eigenvalue weighted by atomic mass is 32.1. The zero-order valence-electron chi connectivity index (χ0n) is 16.1. The normalized spacial score (nSPS) is 10.1. The number of amides is 1. The van der Waals surface area contributed by atoms with Crippen LogP contribution in [0.5, 0.6) is 17.2 Å². The predicted octanol–water partition coefficient (Wildman–Crippen LogP) is 3.25. The predicted molar refractivity (Wildman–Crippen MR) is 112 cm³/mol. The molecule has 1 amide bonds. The lowest BCUT2D eigenvalue weighted by Crippen LogP contribution is -2.34. The molecule has 0 bridgehead atoms. The van der Waals surface area contributed by atoms with E-state index in [2.05, 4.69) is 10.6 Å². The molecule has 2 N–H and O–H groups in total. The highest BCUT2D eigenvalue weighted by molar-refractivity contribution is 7.80. The molecule has 0 atom stereocenters. The van der Waals surface area contributed by atoms with Crippen LogP contribution >= 0.6 is 12.2 Å². The van der Waals surface area contributed by atoms with Crippen molar-refractivity contribution in [1.29, 1.82) is 0 Å². The highest BCUT2D eigenvalue weighted by Crippen LogP contribution is 2.28. The van der Waals surface area contributed by atoms with Crippen molar-refractivity contribution >= 4 is 28.9 Å². The van der Waals surface area contributed by atoms with E-state index in [1.807, 2.05) is 6.92 Å². The summed E-state index contributed by atoms with van der Waals surface area (Å²) in [5, 5.41) is 5.72. The molecule has 0 aliphatic rings. The maximum absolute atomic E-state index is 12.6. The van der Waals surface area contributed by atoms with Crippen molar-refractivity contribution in [1.82, 2.24) is 5.32 Å². The fourth-order valence-electron chi connectivity index (χ4n) is 2.37. The number of anilines is 1. The number of rotatable bonds is 9. The van der Waals surface area contributed by atoms with Gasteiger partial charge >= 0.3 is 0 Å². The Morgan fingerprint density at radius 2 is 1.82 bits per heavy atom. The molecule has 0 heterocycles. The zero-order valence-corrected chi connectivity index (χ0v) is 16.9. The van der Waals surface area contributed by atoms with Gasteiger partial charge in [-0.05, 0) is 43.4 Å². The maximum Gasteiger partial charge on any atom is 0.261 e. The van der Waals surface area contributed by atoms with E-state index < -0.39 is 0 Å². The van der Waals surface area contributed by atoms with Crippen molar-refractivity contribution < 1.29 is 23.7 Å². The van der Waals surface area contributed by atoms with Crippen LogP contribution < -0.4 is 24.8 Å². The van der Waals surface area contributed by atoms with Crippen LogP contribution in [0.2, 0.25) is 0 Å². The van der Waals surface area contributed by atoms with Crippen LogP contribution in [-0.2, 0) is 4.74 Å². The average Bonchev–Trinajstić information content (AvgIpc) is 2.71. The Balaban J connectivity index is 2.04. The van der Waals surface area contributed by atoms with Crippen molar-refractivity contribution in [2.75, 3.05) is 39.4 Å². The lowest BCUT2D eigenvalue weighted by Gasteiger charge is -2.15. The molecule has 0 aliphatic heterocycles. The number of ether oxygens (including phenoxy) is 4. The Hall–Kier alpha value is -2.84. The molecule has 0 saturated heterocycles. The first kappa shape index (κ1) is 21.5. The molecule has 0 unspecified atom stereocenters. The molecule has 0 aromatic heterocycles. The minimum Gasteiger partial charge on any atom is -0.497 e. The Morgan fingerprint density at radius 1 is 1.04 bits per heavy atom. The first-order valence-corrected chi connectivity index (χ1v) is 9.13. The number of carbonyl (C=O) groups is 1. The molecule has 2 rings (SSSR count). The van der Waals surface area contributed by atoms with E-state index in [0.717, 1.165) is 0 Å². The number of benzene rings is 2. The van der Waals surface area contributed by atoms with Gasteiger partial charge in [0.15, 0.2) is 5.11 Å². The second kappa shape index (κ2) is 11.1. The van der Waals surface area contributed by atoms with Crippen LogP contribution in [0.15, 0.2) is 42.5 Å². The fourth-order valence-corrected chi connectivity index (χ4v) is 2.57. The third-order valence-electron chi connectivity index (χ3n) is 3.70. The molecule has 0 spiro atoms. The number of para-hydroxylation sites is 1. The lowest BCUT2D eigenvalue weighted by atomic mass is 10.2. The molecular weight excluding hydrogens is 380 g/mol. The van der Waals surface area contributed by atoms with E-state index >= 15 is 0 Å². The van der Waals surface area contributed by atoms with Crippen LogP contribution in [0.4, 0.5) is 5.69 Å². The molecule has 0 saturated carbocycles. The van der Waals surface area contributed by atoms with E-state index in [-0.39, 0.29) is 11.0 Å². The van der Waals surface area contributed by atoms with E-state index in [1.165, 1.54) is 0 Å². The number of methoxy groups -OCH3 is 2. The number of thiocarbonyl (C=S) groups is 1. The second-order valence-corrected chi connectivity index (χ2v) is 5.92. The van der Waals surface area contributed by atoms with E-state index in [4.69, 9.17) is 31.2 Å². The minimum absolute atomic E-state index is 0.126. The van der Waals surface area contributed by atoms with Gasteiger partial charge in [0.05, 0.1) is 32.1 Å². The van der Waals surface area contributed by atoms with Gasteiger partial charge in [0.2, 0.25) is 0 Å². The fraction of sp³-hybridized carbons (Fsp3) is 0.300. The summed E-state index contributed by atoms with van der Waals surface area (Å²) in [7, 11) is 3.11. The highest BCUT2D eigenvalue weighted by Gasteiger charge is 2.15. The van der Waals surface area contributed by atoms with Gasteiger partial charge in [-0.2, -0.15) is 0 Å². The van der Waals surface area contributed by atoms with Gasteiger partial charge in [0.25, 0.3) is 5.91 Å². The molecule has 28 heavy (non-hydrogen) atoms. The van der Waals surface area contributed by atoms with Crippen LogP contribution in [0.1, 0.15) is 17.3 Å². The second-order valence-electron chi connectivity index (χ2n) is 5.52. The quantitative estimate of drug-likeness (QED) is 0.491. The maximum atomic E-state index is 12.6. The number of nitrogens with one attached hydrogen (secondary N) is 2.